The van der Waals surface area contributed by atoms with Crippen LogP contribution in [0.5, 0.6) is 0 Å². The number of fused-ring (bicyclic) bond motifs is 4. The van der Waals surface area contributed by atoms with Gasteiger partial charge in [0, 0.05) is 0 Å². The van der Waals surface area contributed by atoms with E-state index in [1.165, 1.54) is 88.0 Å². The first kappa shape index (κ1) is 29.5. The van der Waals surface area contributed by atoms with Crippen LogP contribution >= 0.6 is 0 Å². The average molecular weight is 593 g/mol. The molecule has 0 aliphatic rings. The van der Waals surface area contributed by atoms with Gasteiger partial charge in [0.05, 0.1) is 0 Å². The SMILES string of the molecule is C/C=C\c1c(CC)c(C)c(/C=C\CC)c2cc(-c3cccc(-c4ccc5ccc(-c6ccccc6)cc5c4)c3)c3ccccc3c12. The standard InChI is InChI=1S/C46H40/c1-5-8-20-40-31(4)39(7-3)42(15-6-2)46-43-22-13-12-21-41(43)44(30-45(40)46)37-19-14-18-34(27-37)36-26-24-33-23-25-35(28-38(33)29-36)32-16-10-9-11-17-32/h6,8-30H,5,7H2,1-4H3/b15-6-,20-8-. The number of hydrogen-bond acceptors (Lipinski definition) is 0. The lowest BCUT2D eigenvalue weighted by molar-refractivity contribution is 1.11. The van der Waals surface area contributed by atoms with Gasteiger partial charge in [0.1, 0.15) is 0 Å². The molecule has 0 spiro atoms. The summed E-state index contributed by atoms with van der Waals surface area (Å²) in [5.41, 5.74) is 13.0. The van der Waals surface area contributed by atoms with Crippen molar-refractivity contribution in [3.8, 4) is 33.4 Å². The Bertz CT molecular complexity index is 2280. The Morgan fingerprint density at radius 1 is 0.522 bits per heavy atom. The molecule has 0 aliphatic heterocycles. The third-order valence-electron chi connectivity index (χ3n) is 9.45. The van der Waals surface area contributed by atoms with E-state index < -0.39 is 0 Å². The van der Waals surface area contributed by atoms with Gasteiger partial charge in [-0.2, -0.15) is 0 Å². The molecule has 7 aromatic carbocycles. The molecule has 224 valence electrons. The summed E-state index contributed by atoms with van der Waals surface area (Å²) in [4.78, 5) is 0. The maximum Gasteiger partial charge on any atom is -0.00235 e. The number of rotatable bonds is 7. The van der Waals surface area contributed by atoms with Crippen LogP contribution in [-0.4, -0.2) is 0 Å². The van der Waals surface area contributed by atoms with E-state index in [0.29, 0.717) is 0 Å². The van der Waals surface area contributed by atoms with Crippen LogP contribution in [-0.2, 0) is 6.42 Å². The molecule has 0 aliphatic carbocycles. The molecular formula is C46H40. The molecule has 7 rings (SSSR count). The Morgan fingerprint density at radius 2 is 1.17 bits per heavy atom. The molecule has 7 aromatic rings. The molecule has 0 saturated carbocycles. The van der Waals surface area contributed by atoms with Gasteiger partial charge < -0.3 is 0 Å². The molecule has 0 unspecified atom stereocenters. The van der Waals surface area contributed by atoms with Crippen LogP contribution in [0, 0.1) is 6.92 Å². The smallest absolute Gasteiger partial charge is 0.00235 e. The first-order chi connectivity index (χ1) is 22.6. The summed E-state index contributed by atoms with van der Waals surface area (Å²) in [5, 5.41) is 7.80. The molecule has 0 atom stereocenters. The molecule has 0 bridgehead atoms. The van der Waals surface area contributed by atoms with E-state index >= 15 is 0 Å². The van der Waals surface area contributed by atoms with E-state index in [9.17, 15) is 0 Å². The minimum Gasteiger partial charge on any atom is -0.0870 e. The van der Waals surface area contributed by atoms with E-state index in [1.54, 1.807) is 0 Å². The van der Waals surface area contributed by atoms with E-state index in [2.05, 4.69) is 173 Å². The summed E-state index contributed by atoms with van der Waals surface area (Å²) in [6.07, 6.45) is 11.2. The maximum atomic E-state index is 2.46. The summed E-state index contributed by atoms with van der Waals surface area (Å²) >= 11 is 0. The second-order valence-electron chi connectivity index (χ2n) is 12.2. The molecule has 0 saturated heterocycles. The maximum absolute atomic E-state index is 2.46. The van der Waals surface area contributed by atoms with Crippen LogP contribution in [0.25, 0.3) is 77.9 Å². The molecule has 0 heterocycles. The number of allylic oxidation sites excluding steroid dienone is 2. The zero-order chi connectivity index (χ0) is 31.6. The fourth-order valence-corrected chi connectivity index (χ4v) is 7.19. The molecule has 0 fully saturated rings. The Labute approximate surface area is 273 Å². The third-order valence-corrected chi connectivity index (χ3v) is 9.45. The molecule has 0 N–H and O–H groups in total. The largest absolute Gasteiger partial charge is 0.0870 e. The minimum absolute atomic E-state index is 1.01. The van der Waals surface area contributed by atoms with Crippen molar-refractivity contribution in [2.24, 2.45) is 0 Å². The lowest BCUT2D eigenvalue weighted by Gasteiger charge is -2.21. The highest BCUT2D eigenvalue weighted by molar-refractivity contribution is 6.19. The summed E-state index contributed by atoms with van der Waals surface area (Å²) in [5.74, 6) is 0. The van der Waals surface area contributed by atoms with Gasteiger partial charge in [0.2, 0.25) is 0 Å². The quantitative estimate of drug-likeness (QED) is 0.162. The lowest BCUT2D eigenvalue weighted by Crippen LogP contribution is -1.99. The van der Waals surface area contributed by atoms with Gasteiger partial charge in [-0.1, -0.05) is 135 Å². The second-order valence-corrected chi connectivity index (χ2v) is 12.2. The highest BCUT2D eigenvalue weighted by Gasteiger charge is 2.18. The highest BCUT2D eigenvalue weighted by Crippen LogP contribution is 2.42. The van der Waals surface area contributed by atoms with E-state index in [-0.39, 0.29) is 0 Å². The monoisotopic (exact) mass is 592 g/mol. The summed E-state index contributed by atoms with van der Waals surface area (Å²) in [7, 11) is 0. The van der Waals surface area contributed by atoms with Crippen LogP contribution in [0.4, 0.5) is 0 Å². The third kappa shape index (κ3) is 5.25. The van der Waals surface area contributed by atoms with Crippen LogP contribution < -0.4 is 0 Å². The number of hydrogen-bond donors (Lipinski definition) is 0. The van der Waals surface area contributed by atoms with Crippen molar-refractivity contribution in [1.29, 1.82) is 0 Å². The van der Waals surface area contributed by atoms with E-state index in [0.717, 1.165) is 12.8 Å². The predicted octanol–water partition coefficient (Wildman–Crippen LogP) is 13.5. The normalized spacial score (nSPS) is 11.9. The van der Waals surface area contributed by atoms with Gasteiger partial charge in [0.25, 0.3) is 0 Å². The van der Waals surface area contributed by atoms with Crippen LogP contribution in [0.3, 0.4) is 0 Å². The minimum atomic E-state index is 1.01. The van der Waals surface area contributed by atoms with Gasteiger partial charge in [-0.15, -0.1) is 0 Å². The highest BCUT2D eigenvalue weighted by atomic mass is 14.2. The Morgan fingerprint density at radius 3 is 1.89 bits per heavy atom. The Hall–Kier alpha value is -5.20. The van der Waals surface area contributed by atoms with Gasteiger partial charge >= 0.3 is 0 Å². The first-order valence-electron chi connectivity index (χ1n) is 16.6. The van der Waals surface area contributed by atoms with Gasteiger partial charge in [-0.25, -0.2) is 0 Å². The molecule has 0 nitrogen and oxygen atoms in total. The Balaban J connectivity index is 1.44. The molecule has 0 aromatic heterocycles. The van der Waals surface area contributed by atoms with Crippen molar-refractivity contribution in [2.45, 2.75) is 40.5 Å². The zero-order valence-electron chi connectivity index (χ0n) is 27.3. The number of benzene rings is 7. The molecular weight excluding hydrogens is 553 g/mol. The predicted molar refractivity (Wildman–Crippen MR) is 203 cm³/mol. The van der Waals surface area contributed by atoms with Crippen LogP contribution in [0.15, 0.2) is 133 Å². The van der Waals surface area contributed by atoms with Crippen molar-refractivity contribution >= 4 is 44.5 Å². The van der Waals surface area contributed by atoms with Crippen LogP contribution in [0.1, 0.15) is 49.4 Å². The van der Waals surface area contributed by atoms with Crippen molar-refractivity contribution < 1.29 is 0 Å². The molecule has 0 radical (unpaired) electrons. The average Bonchev–Trinajstić information content (AvgIpc) is 3.11. The summed E-state index contributed by atoms with van der Waals surface area (Å²) in [6.45, 7) is 8.93. The first-order valence-corrected chi connectivity index (χ1v) is 16.6. The van der Waals surface area contributed by atoms with E-state index in [1.807, 2.05) is 0 Å². The van der Waals surface area contributed by atoms with Crippen molar-refractivity contribution in [2.75, 3.05) is 0 Å². The summed E-state index contributed by atoms with van der Waals surface area (Å²) < 4.78 is 0. The molecule has 0 heteroatoms. The summed E-state index contributed by atoms with van der Waals surface area (Å²) in [6, 6.07) is 44.8. The van der Waals surface area contributed by atoms with Crippen molar-refractivity contribution in [3.05, 3.63) is 156 Å². The van der Waals surface area contributed by atoms with Gasteiger partial charge in [-0.3, -0.25) is 0 Å². The Kier molecular flexibility index (Phi) is 8.12. The van der Waals surface area contributed by atoms with Gasteiger partial charge in [-0.05, 0) is 139 Å². The van der Waals surface area contributed by atoms with Crippen molar-refractivity contribution in [3.63, 3.8) is 0 Å². The molecule has 46 heavy (non-hydrogen) atoms. The van der Waals surface area contributed by atoms with E-state index in [4.69, 9.17) is 0 Å². The van der Waals surface area contributed by atoms with Gasteiger partial charge in [0.15, 0.2) is 0 Å². The fourth-order valence-electron chi connectivity index (χ4n) is 7.19. The zero-order valence-corrected chi connectivity index (χ0v) is 27.3. The topological polar surface area (TPSA) is 0 Å². The second kappa shape index (κ2) is 12.7. The van der Waals surface area contributed by atoms with Crippen molar-refractivity contribution in [1.82, 2.24) is 0 Å². The van der Waals surface area contributed by atoms with Crippen LogP contribution in [0.2, 0.25) is 0 Å². The lowest BCUT2D eigenvalue weighted by atomic mass is 9.83. The molecule has 0 amide bonds. The fraction of sp³-hybridized carbons (Fsp3) is 0.130.